The van der Waals surface area contributed by atoms with Crippen LogP contribution in [-0.4, -0.2) is 11.0 Å². The second-order valence-corrected chi connectivity index (χ2v) is 5.94. The van der Waals surface area contributed by atoms with Crippen molar-refractivity contribution in [2.24, 2.45) is 11.8 Å². The van der Waals surface area contributed by atoms with Crippen molar-refractivity contribution in [3.63, 3.8) is 0 Å². The second kappa shape index (κ2) is 5.17. The normalized spacial score (nSPS) is 30.1. The summed E-state index contributed by atoms with van der Waals surface area (Å²) in [4.78, 5) is 4.24. The van der Waals surface area contributed by atoms with Crippen LogP contribution in [0.25, 0.3) is 0 Å². The molecule has 0 spiro atoms. The monoisotopic (exact) mass is 282 g/mol. The maximum atomic E-state index is 4.24. The molecule has 88 valence electrons. The van der Waals surface area contributed by atoms with Gasteiger partial charge in [0.1, 0.15) is 4.60 Å². The molecule has 0 radical (unpaired) electrons. The molecule has 1 aromatic heterocycles. The van der Waals surface area contributed by atoms with Gasteiger partial charge < -0.3 is 5.32 Å². The number of nitrogens with one attached hydrogen (secondary N) is 1. The molecular formula is C13H19BrN2. The minimum atomic E-state index is 0.613. The molecule has 1 fully saturated rings. The van der Waals surface area contributed by atoms with Gasteiger partial charge >= 0.3 is 0 Å². The molecule has 2 unspecified atom stereocenters. The van der Waals surface area contributed by atoms with Gasteiger partial charge in [-0.15, -0.1) is 0 Å². The van der Waals surface area contributed by atoms with Crippen molar-refractivity contribution in [2.75, 3.05) is 5.32 Å². The predicted octanol–water partition coefficient (Wildman–Crippen LogP) is 4.08. The first-order valence-electron chi connectivity index (χ1n) is 6.01. The molecule has 2 atom stereocenters. The zero-order chi connectivity index (χ0) is 11.5. The van der Waals surface area contributed by atoms with E-state index in [-0.39, 0.29) is 0 Å². The van der Waals surface area contributed by atoms with Crippen molar-refractivity contribution in [1.29, 1.82) is 0 Å². The van der Waals surface area contributed by atoms with Crippen molar-refractivity contribution in [3.05, 3.63) is 22.9 Å². The third-order valence-corrected chi connectivity index (χ3v) is 3.75. The first-order chi connectivity index (χ1) is 7.63. The van der Waals surface area contributed by atoms with E-state index in [2.05, 4.69) is 46.1 Å². The summed E-state index contributed by atoms with van der Waals surface area (Å²) in [6, 6.07) is 4.68. The van der Waals surface area contributed by atoms with E-state index in [0.29, 0.717) is 6.04 Å². The Kier molecular flexibility index (Phi) is 3.85. The Morgan fingerprint density at radius 2 is 1.88 bits per heavy atom. The predicted molar refractivity (Wildman–Crippen MR) is 71.5 cm³/mol. The summed E-state index contributed by atoms with van der Waals surface area (Å²) in [5, 5.41) is 3.59. The van der Waals surface area contributed by atoms with E-state index in [1.807, 2.05) is 12.3 Å². The Morgan fingerprint density at radius 3 is 2.44 bits per heavy atom. The molecule has 3 heteroatoms. The van der Waals surface area contributed by atoms with Crippen LogP contribution in [0.1, 0.15) is 33.1 Å². The smallest absolute Gasteiger partial charge is 0.106 e. The Labute approximate surface area is 106 Å². The maximum absolute atomic E-state index is 4.24. The number of aromatic nitrogens is 1. The molecule has 1 saturated carbocycles. The van der Waals surface area contributed by atoms with Gasteiger partial charge in [0.2, 0.25) is 0 Å². The van der Waals surface area contributed by atoms with Gasteiger partial charge in [-0.25, -0.2) is 4.98 Å². The molecule has 1 aliphatic rings. The topological polar surface area (TPSA) is 24.9 Å². The minimum absolute atomic E-state index is 0.613. The van der Waals surface area contributed by atoms with E-state index < -0.39 is 0 Å². The van der Waals surface area contributed by atoms with Crippen LogP contribution >= 0.6 is 15.9 Å². The zero-order valence-corrected chi connectivity index (χ0v) is 11.5. The summed E-state index contributed by atoms with van der Waals surface area (Å²) in [5.41, 5.74) is 1.13. The SMILES string of the molecule is CC1CC(C)CC(Nc2ccc(Br)nc2)C1. The molecule has 0 amide bonds. The number of hydrogen-bond acceptors (Lipinski definition) is 2. The van der Waals surface area contributed by atoms with Crippen molar-refractivity contribution in [3.8, 4) is 0 Å². The number of halogens is 1. The van der Waals surface area contributed by atoms with Gasteiger partial charge in [0.15, 0.2) is 0 Å². The van der Waals surface area contributed by atoms with Crippen molar-refractivity contribution in [2.45, 2.75) is 39.2 Å². The highest BCUT2D eigenvalue weighted by molar-refractivity contribution is 9.10. The van der Waals surface area contributed by atoms with Crippen molar-refractivity contribution >= 4 is 21.6 Å². The molecular weight excluding hydrogens is 264 g/mol. The summed E-state index contributed by atoms with van der Waals surface area (Å²) in [5.74, 6) is 1.68. The summed E-state index contributed by atoms with van der Waals surface area (Å²) >= 11 is 3.35. The van der Waals surface area contributed by atoms with Crippen LogP contribution in [0.3, 0.4) is 0 Å². The fourth-order valence-electron chi connectivity index (χ4n) is 2.76. The van der Waals surface area contributed by atoms with E-state index in [9.17, 15) is 0 Å². The first kappa shape index (κ1) is 11.9. The Hall–Kier alpha value is -0.570. The summed E-state index contributed by atoms with van der Waals surface area (Å²) in [7, 11) is 0. The van der Waals surface area contributed by atoms with Crippen LogP contribution in [0, 0.1) is 11.8 Å². The molecule has 0 saturated heterocycles. The summed E-state index contributed by atoms with van der Waals surface area (Å²) < 4.78 is 0.892. The van der Waals surface area contributed by atoms with Gasteiger partial charge in [0.25, 0.3) is 0 Å². The van der Waals surface area contributed by atoms with E-state index >= 15 is 0 Å². The third kappa shape index (κ3) is 3.21. The number of pyridine rings is 1. The minimum Gasteiger partial charge on any atom is -0.381 e. The fraction of sp³-hybridized carbons (Fsp3) is 0.615. The lowest BCUT2D eigenvalue weighted by atomic mass is 9.80. The Morgan fingerprint density at radius 1 is 1.19 bits per heavy atom. The van der Waals surface area contributed by atoms with Gasteiger partial charge in [-0.05, 0) is 59.2 Å². The second-order valence-electron chi connectivity index (χ2n) is 5.13. The van der Waals surface area contributed by atoms with E-state index in [1.165, 1.54) is 19.3 Å². The average molecular weight is 283 g/mol. The van der Waals surface area contributed by atoms with Crippen LogP contribution in [-0.2, 0) is 0 Å². The summed E-state index contributed by atoms with van der Waals surface area (Å²) in [6.07, 6.45) is 5.82. The van der Waals surface area contributed by atoms with Crippen LogP contribution in [0.15, 0.2) is 22.9 Å². The lowest BCUT2D eigenvalue weighted by Crippen LogP contribution is -2.30. The molecule has 0 aromatic carbocycles. The van der Waals surface area contributed by atoms with Gasteiger partial charge in [-0.2, -0.15) is 0 Å². The first-order valence-corrected chi connectivity index (χ1v) is 6.81. The number of rotatable bonds is 2. The zero-order valence-electron chi connectivity index (χ0n) is 9.91. The quantitative estimate of drug-likeness (QED) is 0.827. The number of anilines is 1. The van der Waals surface area contributed by atoms with Crippen LogP contribution in [0.5, 0.6) is 0 Å². The van der Waals surface area contributed by atoms with Crippen molar-refractivity contribution < 1.29 is 0 Å². The van der Waals surface area contributed by atoms with Crippen LogP contribution < -0.4 is 5.32 Å². The lowest BCUT2D eigenvalue weighted by molar-refractivity contribution is 0.281. The largest absolute Gasteiger partial charge is 0.381 e. The van der Waals surface area contributed by atoms with Crippen LogP contribution in [0.4, 0.5) is 5.69 Å². The van der Waals surface area contributed by atoms with Crippen molar-refractivity contribution in [1.82, 2.24) is 4.98 Å². The number of hydrogen-bond donors (Lipinski definition) is 1. The molecule has 1 aromatic rings. The Bertz CT molecular complexity index is 326. The third-order valence-electron chi connectivity index (χ3n) is 3.28. The van der Waals surface area contributed by atoms with E-state index in [0.717, 1.165) is 22.1 Å². The maximum Gasteiger partial charge on any atom is 0.106 e. The molecule has 1 N–H and O–H groups in total. The molecule has 1 aliphatic carbocycles. The highest BCUT2D eigenvalue weighted by Gasteiger charge is 2.23. The molecule has 0 bridgehead atoms. The van der Waals surface area contributed by atoms with Crippen LogP contribution in [0.2, 0.25) is 0 Å². The molecule has 1 heterocycles. The highest BCUT2D eigenvalue weighted by atomic mass is 79.9. The number of nitrogens with zero attached hydrogens (tertiary/aromatic N) is 1. The standard InChI is InChI=1S/C13H19BrN2/c1-9-5-10(2)7-12(6-9)16-11-3-4-13(14)15-8-11/h3-4,8-10,12,16H,5-7H2,1-2H3. The fourth-order valence-corrected chi connectivity index (χ4v) is 3.00. The molecule has 0 aliphatic heterocycles. The highest BCUT2D eigenvalue weighted by Crippen LogP contribution is 2.30. The summed E-state index contributed by atoms with van der Waals surface area (Å²) in [6.45, 7) is 4.70. The van der Waals surface area contributed by atoms with Gasteiger partial charge in [0, 0.05) is 6.04 Å². The van der Waals surface area contributed by atoms with E-state index in [4.69, 9.17) is 0 Å². The molecule has 2 rings (SSSR count). The average Bonchev–Trinajstić information content (AvgIpc) is 2.20. The van der Waals surface area contributed by atoms with Gasteiger partial charge in [-0.1, -0.05) is 13.8 Å². The lowest BCUT2D eigenvalue weighted by Gasteiger charge is -2.32. The molecule has 16 heavy (non-hydrogen) atoms. The van der Waals surface area contributed by atoms with E-state index in [1.54, 1.807) is 0 Å². The molecule has 2 nitrogen and oxygen atoms in total. The Balaban J connectivity index is 1.96. The van der Waals surface area contributed by atoms with Gasteiger partial charge in [-0.3, -0.25) is 0 Å². The van der Waals surface area contributed by atoms with Gasteiger partial charge in [0.05, 0.1) is 11.9 Å².